The lowest BCUT2D eigenvalue weighted by atomic mass is 10.1. The van der Waals surface area contributed by atoms with E-state index >= 15 is 0 Å². The first-order valence-corrected chi connectivity index (χ1v) is 11.4. The summed E-state index contributed by atoms with van der Waals surface area (Å²) in [6.07, 6.45) is 4.44. The first kappa shape index (κ1) is 23.1. The third-order valence-electron chi connectivity index (χ3n) is 5.46. The standard InChI is InChI=1S/C23H32N4O3S/c1-3-27(4-2)14-6-13-24-23(31)26-25-22(28)21-12-11-20(30-21)16-29-19-10-9-17-7-5-8-18(17)15-19/h9-12,15H,3-8,13-14,16H2,1-2H3,(H,25,28)(H2,24,26,31). The number of fused-ring (bicyclic) bond motifs is 1. The Morgan fingerprint density at radius 1 is 1.13 bits per heavy atom. The van der Waals surface area contributed by atoms with E-state index in [1.54, 1.807) is 12.1 Å². The molecule has 1 aromatic carbocycles. The Hall–Kier alpha value is -2.58. The van der Waals surface area contributed by atoms with Crippen LogP contribution in [0.15, 0.2) is 34.7 Å². The Morgan fingerprint density at radius 2 is 1.94 bits per heavy atom. The van der Waals surface area contributed by atoms with E-state index in [-0.39, 0.29) is 12.4 Å². The molecule has 0 unspecified atom stereocenters. The predicted octanol–water partition coefficient (Wildman–Crippen LogP) is 3.19. The number of hydrogen-bond donors (Lipinski definition) is 3. The average Bonchev–Trinajstić information content (AvgIpc) is 3.45. The van der Waals surface area contributed by atoms with Crippen LogP contribution in [0.5, 0.6) is 5.75 Å². The third kappa shape index (κ3) is 6.97. The van der Waals surface area contributed by atoms with Gasteiger partial charge in [0.25, 0.3) is 0 Å². The molecule has 0 spiro atoms. The van der Waals surface area contributed by atoms with Gasteiger partial charge in [-0.25, -0.2) is 0 Å². The minimum atomic E-state index is -0.393. The molecule has 3 N–H and O–H groups in total. The number of furan rings is 1. The number of aryl methyl sites for hydroxylation is 2. The lowest BCUT2D eigenvalue weighted by molar-refractivity contribution is 0.0911. The van der Waals surface area contributed by atoms with Crippen LogP contribution in [0.25, 0.3) is 0 Å². The summed E-state index contributed by atoms with van der Waals surface area (Å²) >= 11 is 5.19. The smallest absolute Gasteiger partial charge is 0.305 e. The van der Waals surface area contributed by atoms with E-state index in [2.05, 4.69) is 47.0 Å². The first-order chi connectivity index (χ1) is 15.1. The van der Waals surface area contributed by atoms with Crippen molar-refractivity contribution in [2.75, 3.05) is 26.2 Å². The highest BCUT2D eigenvalue weighted by Crippen LogP contribution is 2.26. The van der Waals surface area contributed by atoms with Crippen molar-refractivity contribution in [2.45, 2.75) is 46.1 Å². The molecule has 0 radical (unpaired) electrons. The Kier molecular flexibility index (Phi) is 8.73. The van der Waals surface area contributed by atoms with Gasteiger partial charge in [-0.1, -0.05) is 19.9 Å². The highest BCUT2D eigenvalue weighted by atomic mass is 32.1. The number of carbonyl (C=O) groups excluding carboxylic acids is 1. The Labute approximate surface area is 189 Å². The molecule has 1 amide bonds. The molecule has 0 bridgehead atoms. The van der Waals surface area contributed by atoms with Crippen LogP contribution < -0.4 is 20.9 Å². The molecule has 8 heteroatoms. The number of thiocarbonyl (C=S) groups is 1. The minimum Gasteiger partial charge on any atom is -0.486 e. The zero-order chi connectivity index (χ0) is 22.1. The van der Waals surface area contributed by atoms with Gasteiger partial charge in [-0.15, -0.1) is 0 Å². The number of hydrogen-bond acceptors (Lipinski definition) is 5. The van der Waals surface area contributed by atoms with E-state index in [9.17, 15) is 4.79 Å². The molecule has 0 saturated heterocycles. The molecule has 1 aliphatic carbocycles. The molecular formula is C23H32N4O3S. The Morgan fingerprint density at radius 3 is 2.74 bits per heavy atom. The fourth-order valence-electron chi connectivity index (χ4n) is 3.63. The van der Waals surface area contributed by atoms with Gasteiger partial charge in [-0.3, -0.25) is 15.6 Å². The van der Waals surface area contributed by atoms with Crippen molar-refractivity contribution in [2.24, 2.45) is 0 Å². The molecule has 7 nitrogen and oxygen atoms in total. The van der Waals surface area contributed by atoms with Gasteiger partial charge in [0.05, 0.1) is 0 Å². The highest BCUT2D eigenvalue weighted by Gasteiger charge is 2.13. The van der Waals surface area contributed by atoms with Crippen molar-refractivity contribution < 1.29 is 13.9 Å². The van der Waals surface area contributed by atoms with E-state index < -0.39 is 5.91 Å². The molecule has 0 fully saturated rings. The van der Waals surface area contributed by atoms with Crippen LogP contribution in [0.2, 0.25) is 0 Å². The summed E-state index contributed by atoms with van der Waals surface area (Å²) < 4.78 is 11.4. The van der Waals surface area contributed by atoms with Crippen LogP contribution >= 0.6 is 12.2 Å². The summed E-state index contributed by atoms with van der Waals surface area (Å²) in [5.41, 5.74) is 8.02. The van der Waals surface area contributed by atoms with Gasteiger partial charge < -0.3 is 19.4 Å². The van der Waals surface area contributed by atoms with Gasteiger partial charge in [0, 0.05) is 6.54 Å². The normalized spacial score (nSPS) is 12.5. The molecular weight excluding hydrogens is 412 g/mol. The lowest BCUT2D eigenvalue weighted by Crippen LogP contribution is -2.47. The summed E-state index contributed by atoms with van der Waals surface area (Å²) in [5, 5.41) is 3.46. The van der Waals surface area contributed by atoms with Gasteiger partial charge in [0.2, 0.25) is 0 Å². The summed E-state index contributed by atoms with van der Waals surface area (Å²) in [7, 11) is 0. The Balaban J connectivity index is 1.36. The number of amides is 1. The number of nitrogens with zero attached hydrogens (tertiary/aromatic N) is 1. The zero-order valence-corrected chi connectivity index (χ0v) is 19.1. The zero-order valence-electron chi connectivity index (χ0n) is 18.3. The van der Waals surface area contributed by atoms with Crippen LogP contribution in [-0.4, -0.2) is 42.1 Å². The molecule has 0 aliphatic heterocycles. The Bertz CT molecular complexity index is 879. The van der Waals surface area contributed by atoms with Crippen molar-refractivity contribution in [1.29, 1.82) is 0 Å². The molecule has 31 heavy (non-hydrogen) atoms. The molecule has 1 aliphatic rings. The maximum absolute atomic E-state index is 12.3. The second kappa shape index (κ2) is 11.7. The minimum absolute atomic E-state index is 0.199. The van der Waals surface area contributed by atoms with Crippen molar-refractivity contribution in [1.82, 2.24) is 21.1 Å². The van der Waals surface area contributed by atoms with Crippen molar-refractivity contribution >= 4 is 23.2 Å². The van der Waals surface area contributed by atoms with Crippen molar-refractivity contribution in [3.05, 3.63) is 53.0 Å². The summed E-state index contributed by atoms with van der Waals surface area (Å²) in [6.45, 7) is 8.40. The average molecular weight is 445 g/mol. The second-order valence-electron chi connectivity index (χ2n) is 7.55. The lowest BCUT2D eigenvalue weighted by Gasteiger charge is -2.18. The van der Waals surface area contributed by atoms with E-state index in [0.29, 0.717) is 10.9 Å². The number of nitrogens with one attached hydrogen (secondary N) is 3. The van der Waals surface area contributed by atoms with E-state index in [4.69, 9.17) is 21.4 Å². The van der Waals surface area contributed by atoms with E-state index in [1.165, 1.54) is 17.5 Å². The number of carbonyl (C=O) groups is 1. The number of rotatable bonds is 10. The van der Waals surface area contributed by atoms with Gasteiger partial charge in [0.1, 0.15) is 18.1 Å². The highest BCUT2D eigenvalue weighted by molar-refractivity contribution is 7.80. The molecule has 168 valence electrons. The monoisotopic (exact) mass is 444 g/mol. The van der Waals surface area contributed by atoms with Crippen molar-refractivity contribution in [3.8, 4) is 5.75 Å². The molecule has 0 saturated carbocycles. The van der Waals surface area contributed by atoms with Crippen LogP contribution in [-0.2, 0) is 19.4 Å². The van der Waals surface area contributed by atoms with Gasteiger partial charge in [0.15, 0.2) is 10.9 Å². The summed E-state index contributed by atoms with van der Waals surface area (Å²) in [6, 6.07) is 9.58. The molecule has 3 rings (SSSR count). The van der Waals surface area contributed by atoms with E-state index in [0.717, 1.165) is 51.2 Å². The SMILES string of the molecule is CCN(CC)CCCNC(=S)NNC(=O)c1ccc(COc2ccc3c(c2)CCC3)o1. The van der Waals surface area contributed by atoms with Gasteiger partial charge in [-0.2, -0.15) is 0 Å². The topological polar surface area (TPSA) is 78.8 Å². The van der Waals surface area contributed by atoms with Gasteiger partial charge in [-0.05, 0) is 92.9 Å². The van der Waals surface area contributed by atoms with Crippen LogP contribution in [0.4, 0.5) is 0 Å². The van der Waals surface area contributed by atoms with Crippen LogP contribution in [0.3, 0.4) is 0 Å². The summed E-state index contributed by atoms with van der Waals surface area (Å²) in [4.78, 5) is 14.6. The number of hydrazine groups is 1. The second-order valence-corrected chi connectivity index (χ2v) is 7.96. The largest absolute Gasteiger partial charge is 0.486 e. The first-order valence-electron chi connectivity index (χ1n) is 11.0. The summed E-state index contributed by atoms with van der Waals surface area (Å²) in [5.74, 6) is 1.21. The number of ether oxygens (including phenoxy) is 1. The van der Waals surface area contributed by atoms with Crippen LogP contribution in [0, 0.1) is 0 Å². The number of benzene rings is 1. The fourth-order valence-corrected chi connectivity index (χ4v) is 3.79. The van der Waals surface area contributed by atoms with E-state index in [1.807, 2.05) is 6.07 Å². The fraction of sp³-hybridized carbons (Fsp3) is 0.478. The quantitative estimate of drug-likeness (QED) is 0.295. The molecule has 1 heterocycles. The third-order valence-corrected chi connectivity index (χ3v) is 5.70. The molecule has 2 aromatic rings. The molecule has 1 aromatic heterocycles. The molecule has 0 atom stereocenters. The van der Waals surface area contributed by atoms with Gasteiger partial charge >= 0.3 is 5.91 Å². The van der Waals surface area contributed by atoms with Crippen LogP contribution in [0.1, 0.15) is 54.1 Å². The maximum Gasteiger partial charge on any atom is 0.305 e. The van der Waals surface area contributed by atoms with Crippen molar-refractivity contribution in [3.63, 3.8) is 0 Å². The predicted molar refractivity (Wildman–Crippen MR) is 125 cm³/mol. The maximum atomic E-state index is 12.3.